The summed E-state index contributed by atoms with van der Waals surface area (Å²) in [5.41, 5.74) is -2.74. The summed E-state index contributed by atoms with van der Waals surface area (Å²) < 4.78 is 1140. The van der Waals surface area contributed by atoms with Gasteiger partial charge in [0.15, 0.2) is 0 Å². The Bertz CT molecular complexity index is 4160. The molecule has 0 spiro atoms. The van der Waals surface area contributed by atoms with Gasteiger partial charge in [0.2, 0.25) is 0 Å². The van der Waals surface area contributed by atoms with Crippen LogP contribution in [0.4, 0.5) is 342 Å². The molecule has 2 nitrogen and oxygen atoms in total. The molecule has 0 saturated carbocycles. The standard InChI is InChI=1S/C67H45F78NOSi2/c68-32(69,38(80,81)44(92,93)50(104,105)56(116,117)62(128,129)130)12-22-148(23-13-33(70,71)39(82,83)45(94,95)51(106,107)57(118,119)63(131,132)133,24-14-34(72,73)40(84,85)46(96,97)52(108,109)58(120,121)64(134,135)136)20-4-18-146(31(147)30-10-8-29(9-11-30)28-6-2-1-3-7-28)19-5-21-149(25-15-35(74,75)41(86,87)47(98,99)53(110,111)59(122,123)65(137,138)139,26-16-36(76,77)42(88,89)48(100,101)54(112,113)60(124,125)66(140,141)142)27-17-37(78,79)43(90,91)49(102,103)55(114,115)61(126,127)67(143,144)145/h1-3,6-11H,4-5,12-27H2. The van der Waals surface area contributed by atoms with E-state index < -0.39 is 366 Å². The summed E-state index contributed by atoms with van der Waals surface area (Å²) in [5, 5.41) is 0. The van der Waals surface area contributed by atoms with Crippen molar-refractivity contribution in [1.29, 1.82) is 0 Å². The van der Waals surface area contributed by atoms with Gasteiger partial charge in [-0.15, -0.1) is 0 Å². The lowest BCUT2D eigenvalue weighted by atomic mass is 9.93. The predicted octanol–water partition coefficient (Wildman–Crippen LogP) is 34.2. The van der Waals surface area contributed by atoms with Gasteiger partial charge in [0.1, 0.15) is 0 Å². The average Bonchev–Trinajstić information content (AvgIpc) is 0.727. The molecule has 0 atom stereocenters. The fraction of sp³-hybridized carbons (Fsp3) is 0.806. The number of alkyl halides is 78. The number of nitrogens with zero attached hydrogens (tertiary/aromatic N) is 1. The summed E-state index contributed by atoms with van der Waals surface area (Å²) in [7, 11) is -16.5. The number of amides is 1. The van der Waals surface area contributed by atoms with Crippen molar-refractivity contribution in [3.63, 3.8) is 0 Å². The van der Waals surface area contributed by atoms with Crippen molar-refractivity contribution in [2.24, 2.45) is 0 Å². The minimum atomic E-state index is -9.54. The van der Waals surface area contributed by atoms with E-state index in [1.165, 1.54) is 0 Å². The largest absolute Gasteiger partial charge is 0.460 e. The van der Waals surface area contributed by atoms with E-state index in [9.17, 15) is 189 Å². The van der Waals surface area contributed by atoms with Crippen LogP contribution in [0.1, 0.15) is 61.7 Å². The van der Waals surface area contributed by atoms with Crippen LogP contribution in [0.15, 0.2) is 54.6 Å². The van der Waals surface area contributed by atoms with E-state index in [1.807, 2.05) is 0 Å². The molecule has 82 heteroatoms. The van der Waals surface area contributed by atoms with E-state index in [0.717, 1.165) is 30.3 Å². The van der Waals surface area contributed by atoms with Crippen molar-refractivity contribution < 1.29 is 347 Å². The molecule has 0 saturated heterocycles. The van der Waals surface area contributed by atoms with Gasteiger partial charge < -0.3 is 4.90 Å². The summed E-state index contributed by atoms with van der Waals surface area (Å²) >= 11 is 0. The molecule has 0 aliphatic carbocycles. The van der Waals surface area contributed by atoms with Gasteiger partial charge in [-0.1, -0.05) is 90.8 Å². The normalized spacial score (nSPS) is 16.4. The van der Waals surface area contributed by atoms with Crippen molar-refractivity contribution in [3.05, 3.63) is 60.2 Å². The fourth-order valence-corrected chi connectivity index (χ4v) is 22.9. The Morgan fingerprint density at radius 1 is 0.168 bits per heavy atom. The first kappa shape index (κ1) is 138. The van der Waals surface area contributed by atoms with E-state index in [1.54, 1.807) is 0 Å². The van der Waals surface area contributed by atoms with E-state index in [4.69, 9.17) is 0 Å². The molecule has 1 amide bonds. The van der Waals surface area contributed by atoms with Crippen molar-refractivity contribution in [2.75, 3.05) is 13.1 Å². The van der Waals surface area contributed by atoms with Crippen LogP contribution in [0.2, 0.25) is 48.4 Å². The monoisotopic (exact) mass is 2420 g/mol. The SMILES string of the molecule is O=C(c1ccc(-c2ccccc2)cc1)N(CCC[Si](CCC(F)(F)C(F)(F)C(F)(F)C(F)(F)C(F)(F)C(F)(F)F)(CCC(F)(F)C(F)(F)C(F)(F)C(F)(F)C(F)(F)C(F)(F)F)CCC(F)(F)C(F)(F)C(F)(F)C(F)(F)C(F)(F)C(F)(F)F)CCC[Si](CCC(F)(F)C(F)(F)C(F)(F)C(F)(F)C(F)(F)C(F)(F)F)(CCC(F)(F)C(F)(F)C(F)(F)C(F)(F)C(F)(F)C(F)(F)F)CCC(F)(F)C(F)(F)C(F)(F)C(F)(F)C(F)(F)C(F)(F)F. The van der Waals surface area contributed by atoms with Crippen LogP contribution < -0.4 is 0 Å². The van der Waals surface area contributed by atoms with Crippen molar-refractivity contribution in [2.45, 2.75) is 314 Å². The van der Waals surface area contributed by atoms with E-state index in [0.29, 0.717) is 0 Å². The van der Waals surface area contributed by atoms with Gasteiger partial charge in [-0.05, 0) is 36.1 Å². The highest BCUT2D eigenvalue weighted by Gasteiger charge is 2.98. The average molecular weight is 2420 g/mol. The first-order chi connectivity index (χ1) is 64.3. The molecule has 878 valence electrons. The topological polar surface area (TPSA) is 20.3 Å². The van der Waals surface area contributed by atoms with Crippen LogP contribution in [0.25, 0.3) is 11.1 Å². The number of hydrogen-bond donors (Lipinski definition) is 0. The second-order valence-electron chi connectivity index (χ2n) is 32.4. The second kappa shape index (κ2) is 39.9. The maximum absolute atomic E-state index is 16.0. The van der Waals surface area contributed by atoms with Crippen LogP contribution in [0, 0.1) is 0 Å². The summed E-state index contributed by atoms with van der Waals surface area (Å²) in [5.74, 6) is -278. The zero-order valence-corrected chi connectivity index (χ0v) is 71.3. The molecule has 0 fully saturated rings. The van der Waals surface area contributed by atoms with Gasteiger partial charge in [-0.2, -0.15) is 342 Å². The zero-order chi connectivity index (χ0) is 120. The second-order valence-corrected chi connectivity index (χ2v) is 42.4. The molecule has 0 aliphatic heterocycles. The Labute approximate surface area is 772 Å². The summed E-state index contributed by atoms with van der Waals surface area (Å²) in [6.45, 7) is -6.05. The molecule has 0 bridgehead atoms. The Kier molecular flexibility index (Phi) is 36.9. The van der Waals surface area contributed by atoms with Crippen LogP contribution in [-0.4, -0.2) is 255 Å². The molecule has 0 aliphatic rings. The summed E-state index contributed by atoms with van der Waals surface area (Å²) in [4.78, 5) is 13.5. The minimum Gasteiger partial charge on any atom is -0.339 e. The molecule has 0 N–H and O–H groups in total. The molecular formula is C67H45F78NOSi2. The highest BCUT2D eigenvalue weighted by molar-refractivity contribution is 6.80. The molecule has 0 unspecified atom stereocenters. The lowest BCUT2D eigenvalue weighted by Gasteiger charge is -2.43. The fourth-order valence-electron chi connectivity index (χ4n) is 13.0. The highest BCUT2D eigenvalue weighted by Crippen LogP contribution is 2.71. The molecule has 0 radical (unpaired) electrons. The number of benzene rings is 2. The Balaban J connectivity index is 3.93. The minimum absolute atomic E-state index is 0.0510. The van der Waals surface area contributed by atoms with Gasteiger partial charge in [-0.25, -0.2) is 0 Å². The zero-order valence-electron chi connectivity index (χ0n) is 69.3. The van der Waals surface area contributed by atoms with E-state index >= 15 is 158 Å². The Hall–Kier alpha value is -7.12. The third-order valence-electron chi connectivity index (χ3n) is 22.6. The summed E-state index contributed by atoms with van der Waals surface area (Å²) in [6, 6.07) is -27.1. The van der Waals surface area contributed by atoms with E-state index in [2.05, 4.69) is 0 Å². The van der Waals surface area contributed by atoms with Crippen LogP contribution >= 0.6 is 0 Å². The molecule has 2 aromatic carbocycles. The van der Waals surface area contributed by atoms with Gasteiger partial charge in [0, 0.05) is 57.2 Å². The molecule has 0 heterocycles. The van der Waals surface area contributed by atoms with Crippen molar-refractivity contribution in [1.82, 2.24) is 4.90 Å². The van der Waals surface area contributed by atoms with Crippen molar-refractivity contribution >= 4 is 22.1 Å². The Morgan fingerprint density at radius 3 is 0.443 bits per heavy atom. The molecule has 2 aromatic rings. The predicted molar refractivity (Wildman–Crippen MR) is 339 cm³/mol. The first-order valence-electron chi connectivity index (χ1n) is 37.5. The van der Waals surface area contributed by atoms with Gasteiger partial charge in [0.25, 0.3) is 5.91 Å². The maximum Gasteiger partial charge on any atom is 0.460 e. The number of hydrogen-bond acceptors (Lipinski definition) is 1. The quantitative estimate of drug-likeness (QED) is 0.0477. The molecular weight excluding hydrogens is 2370 g/mol. The van der Waals surface area contributed by atoms with Crippen molar-refractivity contribution in [3.8, 4) is 11.1 Å². The third kappa shape index (κ3) is 22.3. The molecule has 149 heavy (non-hydrogen) atoms. The first-order valence-corrected chi connectivity index (χ1v) is 43.1. The number of carbonyl (C=O) groups excluding carboxylic acids is 1. The van der Waals surface area contributed by atoms with Gasteiger partial charge >= 0.3 is 215 Å². The number of rotatable bonds is 52. The van der Waals surface area contributed by atoms with Gasteiger partial charge in [0.05, 0.1) is 16.1 Å². The van der Waals surface area contributed by atoms with Gasteiger partial charge in [-0.3, -0.25) is 4.79 Å². The third-order valence-corrected chi connectivity index (χ3v) is 33.3. The van der Waals surface area contributed by atoms with Crippen LogP contribution in [-0.2, 0) is 0 Å². The smallest absolute Gasteiger partial charge is 0.339 e. The lowest BCUT2D eigenvalue weighted by molar-refractivity contribution is -0.440. The van der Waals surface area contributed by atoms with Crippen LogP contribution in [0.5, 0.6) is 0 Å². The summed E-state index contributed by atoms with van der Waals surface area (Å²) in [6.07, 6.45) is -87.3. The molecule has 0 aromatic heterocycles. The van der Waals surface area contributed by atoms with E-state index in [-0.39, 0.29) is 29.8 Å². The maximum atomic E-state index is 16.0. The van der Waals surface area contributed by atoms with Crippen LogP contribution in [0.3, 0.4) is 0 Å². The molecule has 2 rings (SSSR count). The number of carbonyl (C=O) groups is 1. The Morgan fingerprint density at radius 2 is 0.302 bits per heavy atom. The highest BCUT2D eigenvalue weighted by atomic mass is 28.3. The number of halogens is 78. The lowest BCUT2D eigenvalue weighted by Crippen LogP contribution is -2.70.